The van der Waals surface area contributed by atoms with E-state index in [9.17, 15) is 14.4 Å². The predicted octanol–water partition coefficient (Wildman–Crippen LogP) is 3.06. The van der Waals surface area contributed by atoms with Crippen LogP contribution in [0, 0.1) is 11.8 Å². The van der Waals surface area contributed by atoms with Crippen LogP contribution in [0.1, 0.15) is 47.5 Å². The quantitative estimate of drug-likeness (QED) is 0.619. The lowest BCUT2D eigenvalue weighted by Crippen LogP contribution is -2.41. The van der Waals surface area contributed by atoms with Crippen molar-refractivity contribution in [2.45, 2.75) is 65.2 Å². The number of ether oxygens (including phenoxy) is 2. The molecule has 0 spiro atoms. The Morgan fingerprint density at radius 3 is 2.35 bits per heavy atom. The SMILES string of the molecule is COC(=O)[C@H](CSC)CC(=O)[C@H]1C[C@H](C(C)C)N(C(=O)OC(C)(C)C)O1. The number of carbonyl (C=O) groups excluding carboxylic acids is 3. The van der Waals surface area contributed by atoms with Gasteiger partial charge in [-0.05, 0) is 32.9 Å². The number of nitrogens with zero attached hydrogens (tertiary/aromatic N) is 1. The van der Waals surface area contributed by atoms with Gasteiger partial charge in [-0.15, -0.1) is 0 Å². The third-order valence-corrected chi connectivity index (χ3v) is 4.79. The summed E-state index contributed by atoms with van der Waals surface area (Å²) in [6.07, 6.45) is 0.934. The Morgan fingerprint density at radius 1 is 1.27 bits per heavy atom. The van der Waals surface area contributed by atoms with Crippen LogP contribution in [0.3, 0.4) is 0 Å². The number of rotatable bonds is 7. The van der Waals surface area contributed by atoms with Crippen LogP contribution in [0.5, 0.6) is 0 Å². The van der Waals surface area contributed by atoms with E-state index in [1.54, 1.807) is 20.8 Å². The van der Waals surface area contributed by atoms with Crippen LogP contribution >= 0.6 is 11.8 Å². The second-order valence-corrected chi connectivity index (χ2v) is 8.70. The molecule has 8 heteroatoms. The van der Waals surface area contributed by atoms with Gasteiger partial charge in [-0.1, -0.05) is 13.8 Å². The standard InChI is InChI=1S/C18H31NO6S/c1-11(2)13-9-15(25-19(13)17(22)24-18(3,4)5)14(20)8-12(10-26-7)16(21)23-6/h11-13,15H,8-10H2,1-7H3/t12-,13+,15+/m0/s1. The summed E-state index contributed by atoms with van der Waals surface area (Å²) in [7, 11) is 1.31. The van der Waals surface area contributed by atoms with Gasteiger partial charge in [-0.2, -0.15) is 16.8 Å². The molecule has 0 N–H and O–H groups in total. The molecule has 1 aliphatic heterocycles. The molecule has 0 saturated carbocycles. The highest BCUT2D eigenvalue weighted by Gasteiger charge is 2.44. The number of Topliss-reactive ketones (excluding diaryl/α,β-unsaturated/α-hetero) is 1. The minimum atomic E-state index is -0.760. The zero-order valence-electron chi connectivity index (χ0n) is 16.7. The maximum atomic E-state index is 12.7. The number of ketones is 1. The molecule has 1 amide bonds. The molecule has 1 saturated heterocycles. The Hall–Kier alpha value is -1.28. The van der Waals surface area contributed by atoms with Gasteiger partial charge in [0.1, 0.15) is 11.7 Å². The molecule has 1 rings (SSSR count). The highest BCUT2D eigenvalue weighted by molar-refractivity contribution is 7.98. The summed E-state index contributed by atoms with van der Waals surface area (Å²) in [6, 6.07) is -0.254. The Labute approximate surface area is 160 Å². The van der Waals surface area contributed by atoms with Gasteiger partial charge in [0.25, 0.3) is 0 Å². The summed E-state index contributed by atoms with van der Waals surface area (Å²) >= 11 is 1.48. The van der Waals surface area contributed by atoms with E-state index in [1.807, 2.05) is 20.1 Å². The van der Waals surface area contributed by atoms with Crippen LogP contribution in [0.2, 0.25) is 0 Å². The van der Waals surface area contributed by atoms with Crippen LogP contribution < -0.4 is 0 Å². The highest BCUT2D eigenvalue weighted by Crippen LogP contribution is 2.30. The number of esters is 1. The van der Waals surface area contributed by atoms with Gasteiger partial charge in [0.05, 0.1) is 19.1 Å². The van der Waals surface area contributed by atoms with Crippen molar-refractivity contribution in [3.05, 3.63) is 0 Å². The number of thioether (sulfide) groups is 1. The van der Waals surface area contributed by atoms with Crippen LogP contribution in [0.25, 0.3) is 0 Å². The summed E-state index contributed by atoms with van der Waals surface area (Å²) in [5.74, 6) is -0.530. The van der Waals surface area contributed by atoms with E-state index in [-0.39, 0.29) is 24.2 Å². The molecule has 1 fully saturated rings. The molecule has 0 aromatic rings. The average Bonchev–Trinajstić information content (AvgIpc) is 2.97. The first kappa shape index (κ1) is 22.8. The van der Waals surface area contributed by atoms with Crippen molar-refractivity contribution in [2.75, 3.05) is 19.1 Å². The molecule has 0 aliphatic carbocycles. The fourth-order valence-electron chi connectivity index (χ4n) is 2.74. The van der Waals surface area contributed by atoms with E-state index in [0.29, 0.717) is 12.2 Å². The van der Waals surface area contributed by atoms with E-state index >= 15 is 0 Å². The summed E-state index contributed by atoms with van der Waals surface area (Å²) in [5.41, 5.74) is -0.654. The molecule has 0 unspecified atom stereocenters. The van der Waals surface area contributed by atoms with E-state index in [1.165, 1.54) is 23.9 Å². The molecule has 0 radical (unpaired) electrons. The number of amides is 1. The first-order chi connectivity index (χ1) is 12.0. The van der Waals surface area contributed by atoms with Crippen molar-refractivity contribution >= 4 is 29.6 Å². The summed E-state index contributed by atoms with van der Waals surface area (Å²) in [5, 5.41) is 1.18. The van der Waals surface area contributed by atoms with Crippen LogP contribution in [-0.2, 0) is 23.9 Å². The van der Waals surface area contributed by atoms with Crippen molar-refractivity contribution in [3.8, 4) is 0 Å². The van der Waals surface area contributed by atoms with Crippen LogP contribution in [0.4, 0.5) is 4.79 Å². The minimum Gasteiger partial charge on any atom is -0.469 e. The second-order valence-electron chi connectivity index (χ2n) is 7.79. The fourth-order valence-corrected chi connectivity index (χ4v) is 3.40. The maximum absolute atomic E-state index is 12.7. The van der Waals surface area contributed by atoms with Crippen molar-refractivity contribution in [1.29, 1.82) is 0 Å². The summed E-state index contributed by atoms with van der Waals surface area (Å²) in [4.78, 5) is 42.6. The number of methoxy groups -OCH3 is 1. The Morgan fingerprint density at radius 2 is 1.88 bits per heavy atom. The van der Waals surface area contributed by atoms with Crippen LogP contribution in [0.15, 0.2) is 0 Å². The molecule has 26 heavy (non-hydrogen) atoms. The molecule has 0 aromatic carbocycles. The zero-order chi connectivity index (χ0) is 20.1. The third-order valence-electron chi connectivity index (χ3n) is 4.05. The lowest BCUT2D eigenvalue weighted by molar-refractivity contribution is -0.167. The molecule has 0 bridgehead atoms. The zero-order valence-corrected chi connectivity index (χ0v) is 17.6. The molecular weight excluding hydrogens is 358 g/mol. The van der Waals surface area contributed by atoms with Gasteiger partial charge in [-0.25, -0.2) is 4.79 Å². The molecule has 150 valence electrons. The largest absolute Gasteiger partial charge is 0.469 e. The molecular formula is C18H31NO6S. The Balaban J connectivity index is 2.83. The first-order valence-corrected chi connectivity index (χ1v) is 10.2. The highest BCUT2D eigenvalue weighted by atomic mass is 32.2. The Kier molecular flexibility index (Phi) is 8.40. The average molecular weight is 390 g/mol. The molecule has 7 nitrogen and oxygen atoms in total. The third kappa shape index (κ3) is 6.46. The van der Waals surface area contributed by atoms with E-state index in [2.05, 4.69) is 0 Å². The van der Waals surface area contributed by atoms with Gasteiger partial charge < -0.3 is 9.47 Å². The maximum Gasteiger partial charge on any atom is 0.434 e. The number of hydrogen-bond donors (Lipinski definition) is 0. The van der Waals surface area contributed by atoms with E-state index in [0.717, 1.165) is 0 Å². The van der Waals surface area contributed by atoms with Gasteiger partial charge in [0.15, 0.2) is 5.78 Å². The molecule has 1 aliphatic rings. The summed E-state index contributed by atoms with van der Waals surface area (Å²) in [6.45, 7) is 9.25. The number of carbonyl (C=O) groups is 3. The number of hydroxylamine groups is 2. The summed E-state index contributed by atoms with van der Waals surface area (Å²) < 4.78 is 10.2. The van der Waals surface area contributed by atoms with Gasteiger partial charge in [-0.3, -0.25) is 14.4 Å². The molecule has 0 aromatic heterocycles. The van der Waals surface area contributed by atoms with E-state index < -0.39 is 29.7 Å². The van der Waals surface area contributed by atoms with Crippen molar-refractivity contribution in [3.63, 3.8) is 0 Å². The second kappa shape index (κ2) is 9.60. The Bertz CT molecular complexity index is 516. The predicted molar refractivity (Wildman–Crippen MR) is 99.7 cm³/mol. The van der Waals surface area contributed by atoms with Crippen molar-refractivity contribution in [1.82, 2.24) is 5.06 Å². The minimum absolute atomic E-state index is 0.0329. The monoisotopic (exact) mass is 389 g/mol. The van der Waals surface area contributed by atoms with E-state index in [4.69, 9.17) is 14.3 Å². The smallest absolute Gasteiger partial charge is 0.434 e. The normalized spacial score (nSPS) is 21.6. The van der Waals surface area contributed by atoms with Crippen molar-refractivity contribution in [2.24, 2.45) is 11.8 Å². The first-order valence-electron chi connectivity index (χ1n) is 8.78. The number of hydrogen-bond acceptors (Lipinski definition) is 7. The molecule has 3 atom stereocenters. The van der Waals surface area contributed by atoms with Gasteiger partial charge in [0.2, 0.25) is 0 Å². The topological polar surface area (TPSA) is 82.1 Å². The molecule has 1 heterocycles. The lowest BCUT2D eigenvalue weighted by Gasteiger charge is -2.28. The lowest BCUT2D eigenvalue weighted by atomic mass is 9.94. The fraction of sp³-hybridized carbons (Fsp3) is 0.833. The van der Waals surface area contributed by atoms with Crippen LogP contribution in [-0.4, -0.2) is 59.8 Å². The van der Waals surface area contributed by atoms with Gasteiger partial charge in [0, 0.05) is 18.6 Å². The van der Waals surface area contributed by atoms with Crippen molar-refractivity contribution < 1.29 is 28.7 Å². The van der Waals surface area contributed by atoms with Gasteiger partial charge >= 0.3 is 12.1 Å².